The minimum atomic E-state index is 0.165. The van der Waals surface area contributed by atoms with Crippen LogP contribution < -0.4 is 10.1 Å². The highest BCUT2D eigenvalue weighted by atomic mass is 16.5. The van der Waals surface area contributed by atoms with Crippen LogP contribution in [0.4, 0.5) is 0 Å². The van der Waals surface area contributed by atoms with E-state index < -0.39 is 0 Å². The number of ether oxygens (including phenoxy) is 1. The number of fused-ring (bicyclic) bond motifs is 2. The van der Waals surface area contributed by atoms with Gasteiger partial charge in [-0.3, -0.25) is 4.79 Å². The second kappa shape index (κ2) is 8.34. The van der Waals surface area contributed by atoms with Gasteiger partial charge < -0.3 is 19.5 Å². The molecule has 5 heteroatoms. The van der Waals surface area contributed by atoms with Crippen LogP contribution in [0.1, 0.15) is 38.5 Å². The van der Waals surface area contributed by atoms with Crippen LogP contribution in [0.2, 0.25) is 0 Å². The number of benzene rings is 1. The van der Waals surface area contributed by atoms with Gasteiger partial charge in [0.25, 0.3) is 0 Å². The topological polar surface area (TPSA) is 46.5 Å². The number of methoxy groups -OCH3 is 1. The maximum atomic E-state index is 12.4. The zero-order chi connectivity index (χ0) is 18.6. The van der Waals surface area contributed by atoms with Crippen molar-refractivity contribution in [2.24, 2.45) is 5.92 Å². The molecule has 1 aromatic carbocycles. The van der Waals surface area contributed by atoms with Gasteiger partial charge in [-0.2, -0.15) is 0 Å². The van der Waals surface area contributed by atoms with Crippen molar-refractivity contribution in [3.63, 3.8) is 0 Å². The van der Waals surface area contributed by atoms with Crippen molar-refractivity contribution in [1.82, 2.24) is 14.8 Å². The van der Waals surface area contributed by atoms with Crippen LogP contribution in [0.25, 0.3) is 10.9 Å². The Labute approximate surface area is 161 Å². The Morgan fingerprint density at radius 2 is 2.07 bits per heavy atom. The van der Waals surface area contributed by atoms with Crippen LogP contribution in [-0.4, -0.2) is 48.2 Å². The van der Waals surface area contributed by atoms with Crippen molar-refractivity contribution < 1.29 is 9.53 Å². The standard InChI is InChI=1S/C22H31N3O2/c1-27-19-7-8-21-17(15-19)9-13-25(21)14-10-22(26)23-16-18-5-4-12-24-11-3-2-6-20(18)24/h7-9,13,15,18,20H,2-6,10-12,14,16H2,1H3,(H,23,26)/t18-,20+/m1/s1. The van der Waals surface area contributed by atoms with Gasteiger partial charge in [0.2, 0.25) is 5.91 Å². The van der Waals surface area contributed by atoms with Crippen LogP contribution in [0.5, 0.6) is 5.75 Å². The molecule has 2 saturated heterocycles. The Kier molecular flexibility index (Phi) is 5.67. The Morgan fingerprint density at radius 1 is 1.19 bits per heavy atom. The molecule has 2 atom stereocenters. The summed E-state index contributed by atoms with van der Waals surface area (Å²) >= 11 is 0. The molecule has 2 aliphatic rings. The highest BCUT2D eigenvalue weighted by Crippen LogP contribution is 2.30. The van der Waals surface area contributed by atoms with Crippen LogP contribution in [0.15, 0.2) is 30.5 Å². The molecule has 2 fully saturated rings. The largest absolute Gasteiger partial charge is 0.497 e. The van der Waals surface area contributed by atoms with E-state index in [4.69, 9.17) is 4.74 Å². The molecule has 0 unspecified atom stereocenters. The van der Waals surface area contributed by atoms with Crippen molar-refractivity contribution in [3.8, 4) is 5.75 Å². The number of aromatic nitrogens is 1. The lowest BCUT2D eigenvalue weighted by Crippen LogP contribution is -2.51. The lowest BCUT2D eigenvalue weighted by molar-refractivity contribution is -0.121. The second-order valence-electron chi connectivity index (χ2n) is 7.99. The third-order valence-corrected chi connectivity index (χ3v) is 6.35. The van der Waals surface area contributed by atoms with Crippen LogP contribution in [0.3, 0.4) is 0 Å². The first-order valence-corrected chi connectivity index (χ1v) is 10.4. The van der Waals surface area contributed by atoms with E-state index in [1.165, 1.54) is 45.2 Å². The van der Waals surface area contributed by atoms with E-state index >= 15 is 0 Å². The Balaban J connectivity index is 1.28. The van der Waals surface area contributed by atoms with Crippen LogP contribution in [-0.2, 0) is 11.3 Å². The zero-order valence-electron chi connectivity index (χ0n) is 16.3. The number of carbonyl (C=O) groups is 1. The minimum Gasteiger partial charge on any atom is -0.497 e. The number of nitrogens with one attached hydrogen (secondary N) is 1. The zero-order valence-corrected chi connectivity index (χ0v) is 16.3. The molecule has 146 valence electrons. The van der Waals surface area contributed by atoms with Gasteiger partial charge in [-0.25, -0.2) is 0 Å². The van der Waals surface area contributed by atoms with E-state index in [0.29, 0.717) is 24.9 Å². The molecule has 0 aliphatic carbocycles. The molecule has 2 aromatic rings. The Morgan fingerprint density at radius 3 is 2.96 bits per heavy atom. The molecule has 3 heterocycles. The normalized spacial score (nSPS) is 23.1. The van der Waals surface area contributed by atoms with Gasteiger partial charge in [0.1, 0.15) is 5.75 Å². The van der Waals surface area contributed by atoms with Crippen LogP contribution in [0, 0.1) is 5.92 Å². The molecular formula is C22H31N3O2. The number of rotatable bonds is 6. The quantitative estimate of drug-likeness (QED) is 0.849. The van der Waals surface area contributed by atoms with E-state index in [0.717, 1.165) is 23.2 Å². The molecule has 1 amide bonds. The molecule has 27 heavy (non-hydrogen) atoms. The van der Waals surface area contributed by atoms with E-state index in [1.807, 2.05) is 12.1 Å². The first kappa shape index (κ1) is 18.4. The van der Waals surface area contributed by atoms with Crippen molar-refractivity contribution >= 4 is 16.8 Å². The van der Waals surface area contributed by atoms with Crippen LogP contribution >= 0.6 is 0 Å². The second-order valence-corrected chi connectivity index (χ2v) is 7.99. The summed E-state index contributed by atoms with van der Waals surface area (Å²) in [5.74, 6) is 1.66. The Bertz CT molecular complexity index is 783. The first-order valence-electron chi connectivity index (χ1n) is 10.4. The van der Waals surface area contributed by atoms with Crippen molar-refractivity contribution in [3.05, 3.63) is 30.5 Å². The third kappa shape index (κ3) is 4.13. The molecule has 0 bridgehead atoms. The summed E-state index contributed by atoms with van der Waals surface area (Å²) in [6, 6.07) is 8.83. The van der Waals surface area contributed by atoms with Gasteiger partial charge in [-0.1, -0.05) is 6.42 Å². The number of amides is 1. The summed E-state index contributed by atoms with van der Waals surface area (Å²) in [6.45, 7) is 4.05. The number of hydrogen-bond acceptors (Lipinski definition) is 3. The fourth-order valence-electron chi connectivity index (χ4n) is 4.87. The van der Waals surface area contributed by atoms with E-state index in [1.54, 1.807) is 7.11 Å². The molecule has 1 N–H and O–H groups in total. The SMILES string of the molecule is COc1ccc2c(ccn2CCC(=O)NC[C@H]2CCCN3CCCC[C@@H]23)c1. The number of hydrogen-bond donors (Lipinski definition) is 1. The summed E-state index contributed by atoms with van der Waals surface area (Å²) in [5.41, 5.74) is 1.15. The summed E-state index contributed by atoms with van der Waals surface area (Å²) < 4.78 is 7.43. The third-order valence-electron chi connectivity index (χ3n) is 6.35. The number of carbonyl (C=O) groups excluding carboxylic acids is 1. The predicted octanol–water partition coefficient (Wildman–Crippen LogP) is 3.42. The fourth-order valence-corrected chi connectivity index (χ4v) is 4.87. The molecule has 0 radical (unpaired) electrons. The van der Waals surface area contributed by atoms with Gasteiger partial charge in [0.15, 0.2) is 0 Å². The Hall–Kier alpha value is -2.01. The van der Waals surface area contributed by atoms with E-state index in [-0.39, 0.29) is 5.91 Å². The predicted molar refractivity (Wildman–Crippen MR) is 108 cm³/mol. The van der Waals surface area contributed by atoms with Crippen molar-refractivity contribution in [2.45, 2.75) is 51.1 Å². The first-order chi connectivity index (χ1) is 13.2. The average Bonchev–Trinajstić information content (AvgIpc) is 3.12. The van der Waals surface area contributed by atoms with Gasteiger partial charge >= 0.3 is 0 Å². The number of nitrogens with zero attached hydrogens (tertiary/aromatic N) is 2. The van der Waals surface area contributed by atoms with E-state index in [9.17, 15) is 4.79 Å². The summed E-state index contributed by atoms with van der Waals surface area (Å²) in [5, 5.41) is 4.36. The molecular weight excluding hydrogens is 338 g/mol. The smallest absolute Gasteiger partial charge is 0.221 e. The monoisotopic (exact) mass is 369 g/mol. The van der Waals surface area contributed by atoms with Crippen molar-refractivity contribution in [2.75, 3.05) is 26.7 Å². The summed E-state index contributed by atoms with van der Waals surface area (Å²) in [4.78, 5) is 15.1. The molecule has 5 nitrogen and oxygen atoms in total. The molecule has 0 spiro atoms. The highest BCUT2D eigenvalue weighted by molar-refractivity contribution is 5.82. The summed E-state index contributed by atoms with van der Waals surface area (Å²) in [7, 11) is 1.68. The van der Waals surface area contributed by atoms with Gasteiger partial charge in [0.05, 0.1) is 7.11 Å². The van der Waals surface area contributed by atoms with Gasteiger partial charge in [-0.05, 0) is 69.0 Å². The van der Waals surface area contributed by atoms with E-state index in [2.05, 4.69) is 33.1 Å². The number of aryl methyl sites for hydroxylation is 1. The summed E-state index contributed by atoms with van der Waals surface area (Å²) in [6.07, 6.45) is 9.10. The fraction of sp³-hybridized carbons (Fsp3) is 0.591. The molecule has 4 rings (SSSR count). The van der Waals surface area contributed by atoms with Crippen molar-refractivity contribution in [1.29, 1.82) is 0 Å². The van der Waals surface area contributed by atoms with Gasteiger partial charge in [-0.15, -0.1) is 0 Å². The molecule has 1 aromatic heterocycles. The maximum Gasteiger partial charge on any atom is 0.221 e. The minimum absolute atomic E-state index is 0.165. The number of piperidine rings is 2. The lowest BCUT2D eigenvalue weighted by atomic mass is 9.83. The average molecular weight is 370 g/mol. The lowest BCUT2D eigenvalue weighted by Gasteiger charge is -2.44. The molecule has 2 aliphatic heterocycles. The maximum absolute atomic E-state index is 12.4. The highest BCUT2D eigenvalue weighted by Gasteiger charge is 2.32. The molecule has 0 saturated carbocycles. The van der Waals surface area contributed by atoms with Gasteiger partial charge in [0, 0.05) is 42.7 Å².